The number of nitrogens with one attached hydrogen (secondary N) is 2. The molecule has 184 valence electrons. The molecule has 1 aliphatic heterocycles. The molecule has 2 fully saturated rings. The fourth-order valence-electron chi connectivity index (χ4n) is 3.87. The molecule has 0 bridgehead atoms. The fraction of sp³-hybridized carbons (Fsp3) is 0.391. The number of aromatic nitrogens is 4. The van der Waals surface area contributed by atoms with Gasteiger partial charge in [-0.2, -0.15) is 10.1 Å². The molecule has 2 unspecified atom stereocenters. The lowest BCUT2D eigenvalue weighted by Crippen LogP contribution is -2.40. The Hall–Kier alpha value is -2.95. The number of para-hydroxylation sites is 1. The lowest BCUT2D eigenvalue weighted by molar-refractivity contribution is 0.100. The van der Waals surface area contributed by atoms with Gasteiger partial charge in [0.25, 0.3) is 5.91 Å². The van der Waals surface area contributed by atoms with E-state index < -0.39 is 12.1 Å². The van der Waals surface area contributed by atoms with E-state index in [9.17, 15) is 9.18 Å². The number of piperidine rings is 1. The predicted octanol–water partition coefficient (Wildman–Crippen LogP) is 4.73. The van der Waals surface area contributed by atoms with Crippen molar-refractivity contribution in [3.05, 3.63) is 52.4 Å². The van der Waals surface area contributed by atoms with Gasteiger partial charge >= 0.3 is 0 Å². The van der Waals surface area contributed by atoms with Crippen LogP contribution in [0.5, 0.6) is 5.88 Å². The molecule has 1 amide bonds. The van der Waals surface area contributed by atoms with Crippen molar-refractivity contribution in [2.45, 2.75) is 37.6 Å². The van der Waals surface area contributed by atoms with Crippen LogP contribution in [0.2, 0.25) is 10.0 Å². The van der Waals surface area contributed by atoms with Crippen LogP contribution in [0, 0.1) is 0 Å². The Bertz CT molecular complexity index is 1220. The smallest absolute Gasteiger partial charge is 0.262 e. The maximum absolute atomic E-state index is 14.5. The quantitative estimate of drug-likeness (QED) is 0.465. The number of hydrogen-bond donors (Lipinski definition) is 2. The number of hydrogen-bond acceptors (Lipinski definition) is 7. The van der Waals surface area contributed by atoms with Crippen LogP contribution in [0.15, 0.2) is 36.8 Å². The minimum absolute atomic E-state index is 0.00173. The van der Waals surface area contributed by atoms with Gasteiger partial charge in [-0.15, -0.1) is 0 Å². The molecule has 5 rings (SSSR count). The number of anilines is 3. The normalized spacial score (nSPS) is 20.5. The Morgan fingerprint density at radius 3 is 2.69 bits per heavy atom. The van der Waals surface area contributed by atoms with E-state index in [1.165, 1.54) is 6.20 Å². The number of rotatable bonds is 7. The summed E-state index contributed by atoms with van der Waals surface area (Å²) >= 11 is 12.4. The first-order chi connectivity index (χ1) is 16.9. The number of benzene rings is 1. The summed E-state index contributed by atoms with van der Waals surface area (Å²) in [5.41, 5.74) is 1.06. The van der Waals surface area contributed by atoms with Crippen LogP contribution in [0.1, 0.15) is 35.7 Å². The molecular formula is C23H24Cl2FN7O2. The highest BCUT2D eigenvalue weighted by Crippen LogP contribution is 2.33. The second-order valence-electron chi connectivity index (χ2n) is 8.75. The highest BCUT2D eigenvalue weighted by atomic mass is 35.5. The molecular weight excluding hydrogens is 496 g/mol. The van der Waals surface area contributed by atoms with Gasteiger partial charge in [-0.25, -0.2) is 9.37 Å². The maximum atomic E-state index is 14.5. The number of nitrogens with zero attached hydrogens (tertiary/aromatic N) is 5. The molecule has 2 aliphatic rings. The van der Waals surface area contributed by atoms with Crippen molar-refractivity contribution >= 4 is 46.4 Å². The second-order valence-corrected chi connectivity index (χ2v) is 9.56. The minimum Gasteiger partial charge on any atom is -0.474 e. The van der Waals surface area contributed by atoms with Crippen molar-refractivity contribution in [2.24, 2.45) is 0 Å². The third kappa shape index (κ3) is 5.50. The van der Waals surface area contributed by atoms with E-state index >= 15 is 0 Å². The Labute approximate surface area is 211 Å². The third-order valence-electron chi connectivity index (χ3n) is 5.91. The number of likely N-dealkylation sites (tertiary alicyclic amines) is 1. The average Bonchev–Trinajstić information content (AvgIpc) is 3.52. The largest absolute Gasteiger partial charge is 0.474 e. The Balaban J connectivity index is 1.34. The lowest BCUT2D eigenvalue weighted by Gasteiger charge is -2.32. The number of halogens is 3. The second kappa shape index (κ2) is 9.96. The van der Waals surface area contributed by atoms with Gasteiger partial charge in [-0.05, 0) is 38.4 Å². The van der Waals surface area contributed by atoms with Gasteiger partial charge in [0.1, 0.15) is 17.8 Å². The molecule has 1 saturated heterocycles. The lowest BCUT2D eigenvalue weighted by atomic mass is 10.0. The van der Waals surface area contributed by atoms with Crippen molar-refractivity contribution in [1.82, 2.24) is 24.6 Å². The summed E-state index contributed by atoms with van der Waals surface area (Å²) in [7, 11) is 1.91. The first kappa shape index (κ1) is 23.8. The molecule has 1 aliphatic carbocycles. The van der Waals surface area contributed by atoms with Gasteiger partial charge in [0, 0.05) is 25.5 Å². The van der Waals surface area contributed by atoms with Crippen LogP contribution in [-0.2, 0) is 0 Å². The van der Waals surface area contributed by atoms with Crippen LogP contribution in [0.3, 0.4) is 0 Å². The summed E-state index contributed by atoms with van der Waals surface area (Å²) in [4.78, 5) is 23.6. The molecule has 2 atom stereocenters. The van der Waals surface area contributed by atoms with Crippen LogP contribution >= 0.6 is 23.2 Å². The Kier molecular flexibility index (Phi) is 6.77. The molecule has 35 heavy (non-hydrogen) atoms. The number of amides is 1. The SMILES string of the molecule is CN1CCC(n2cc(Nc3ncc(C(=O)Nc4c(Cl)cccc4Cl)c(OC4CC4)n3)cn2)C(F)C1. The van der Waals surface area contributed by atoms with Crippen LogP contribution < -0.4 is 15.4 Å². The topological polar surface area (TPSA) is 97.2 Å². The molecule has 0 spiro atoms. The number of alkyl halides is 1. The van der Waals surface area contributed by atoms with Crippen molar-refractivity contribution in [2.75, 3.05) is 30.8 Å². The molecule has 12 heteroatoms. The summed E-state index contributed by atoms with van der Waals surface area (Å²) in [6, 6.07) is 4.63. The summed E-state index contributed by atoms with van der Waals surface area (Å²) < 4.78 is 22.0. The third-order valence-corrected chi connectivity index (χ3v) is 6.54. The van der Waals surface area contributed by atoms with E-state index in [0.29, 0.717) is 34.4 Å². The van der Waals surface area contributed by atoms with Gasteiger partial charge in [-0.3, -0.25) is 9.48 Å². The van der Waals surface area contributed by atoms with E-state index in [-0.39, 0.29) is 29.5 Å². The standard InChI is InChI=1S/C23H24Cl2FN7O2/c1-32-8-7-19(18(26)12-32)33-11-13(9-28-33)29-23-27-10-15(22(31-23)35-14-5-6-14)21(34)30-20-16(24)3-2-4-17(20)25/h2-4,9-11,14,18-19H,5-8,12H2,1H3,(H,30,34)(H,27,29,31). The highest BCUT2D eigenvalue weighted by Gasteiger charge is 2.30. The van der Waals surface area contributed by atoms with Crippen molar-refractivity contribution < 1.29 is 13.9 Å². The van der Waals surface area contributed by atoms with Gasteiger partial charge in [0.15, 0.2) is 0 Å². The molecule has 0 radical (unpaired) electrons. The fourth-order valence-corrected chi connectivity index (χ4v) is 4.36. The zero-order valence-electron chi connectivity index (χ0n) is 18.9. The number of carbonyl (C=O) groups is 1. The molecule has 2 N–H and O–H groups in total. The summed E-state index contributed by atoms with van der Waals surface area (Å²) in [6.07, 6.45) is 6.15. The van der Waals surface area contributed by atoms with Gasteiger partial charge in [-0.1, -0.05) is 29.3 Å². The molecule has 2 aromatic heterocycles. The monoisotopic (exact) mass is 519 g/mol. The maximum Gasteiger partial charge on any atom is 0.262 e. The molecule has 1 saturated carbocycles. The van der Waals surface area contributed by atoms with E-state index in [1.807, 2.05) is 11.9 Å². The zero-order valence-corrected chi connectivity index (χ0v) is 20.4. The van der Waals surface area contributed by atoms with Gasteiger partial charge in [0.2, 0.25) is 11.8 Å². The van der Waals surface area contributed by atoms with Crippen LogP contribution in [0.4, 0.5) is 21.7 Å². The summed E-state index contributed by atoms with van der Waals surface area (Å²) in [6.45, 7) is 1.18. The van der Waals surface area contributed by atoms with Crippen molar-refractivity contribution in [1.29, 1.82) is 0 Å². The molecule has 1 aromatic carbocycles. The first-order valence-corrected chi connectivity index (χ1v) is 12.1. The summed E-state index contributed by atoms with van der Waals surface area (Å²) in [5.74, 6) is -0.115. The van der Waals surface area contributed by atoms with E-state index in [4.69, 9.17) is 27.9 Å². The predicted molar refractivity (Wildman–Crippen MR) is 132 cm³/mol. The highest BCUT2D eigenvalue weighted by molar-refractivity contribution is 6.40. The number of ether oxygens (including phenoxy) is 1. The van der Waals surface area contributed by atoms with Crippen molar-refractivity contribution in [3.63, 3.8) is 0 Å². The zero-order chi connectivity index (χ0) is 24.5. The molecule has 3 heterocycles. The van der Waals surface area contributed by atoms with Gasteiger partial charge < -0.3 is 20.3 Å². The van der Waals surface area contributed by atoms with E-state index in [1.54, 1.807) is 35.3 Å². The minimum atomic E-state index is -0.999. The van der Waals surface area contributed by atoms with E-state index in [2.05, 4.69) is 25.7 Å². The van der Waals surface area contributed by atoms with Crippen molar-refractivity contribution in [3.8, 4) is 5.88 Å². The summed E-state index contributed by atoms with van der Waals surface area (Å²) in [5, 5.41) is 10.7. The first-order valence-electron chi connectivity index (χ1n) is 11.3. The van der Waals surface area contributed by atoms with Crippen LogP contribution in [0.25, 0.3) is 0 Å². The molecule has 9 nitrogen and oxygen atoms in total. The van der Waals surface area contributed by atoms with Crippen LogP contribution in [-0.4, -0.2) is 63.0 Å². The van der Waals surface area contributed by atoms with E-state index in [0.717, 1.165) is 19.4 Å². The average molecular weight is 520 g/mol. The number of carbonyl (C=O) groups excluding carboxylic acids is 1. The molecule has 3 aromatic rings. The van der Waals surface area contributed by atoms with Gasteiger partial charge in [0.05, 0.1) is 33.7 Å². The Morgan fingerprint density at radius 2 is 1.97 bits per heavy atom. The Morgan fingerprint density at radius 1 is 1.20 bits per heavy atom.